The summed E-state index contributed by atoms with van der Waals surface area (Å²) < 4.78 is 13.1. The predicted octanol–water partition coefficient (Wildman–Crippen LogP) is 3.98. The molecule has 0 fully saturated rings. The van der Waals surface area contributed by atoms with Gasteiger partial charge in [0.1, 0.15) is 5.82 Å². The average Bonchev–Trinajstić information content (AvgIpc) is 2.42. The third-order valence-corrected chi connectivity index (χ3v) is 3.48. The summed E-state index contributed by atoms with van der Waals surface area (Å²) in [5.74, 6) is 4.33. The predicted molar refractivity (Wildman–Crippen MR) is 83.4 cm³/mol. The monoisotopic (exact) mass is 327 g/mol. The summed E-state index contributed by atoms with van der Waals surface area (Å²) in [4.78, 5) is 12.3. The molecule has 0 heterocycles. The maximum absolute atomic E-state index is 13.1. The van der Waals surface area contributed by atoms with Gasteiger partial charge in [-0.3, -0.25) is 10.6 Å². The number of hydrogen-bond acceptors (Lipinski definition) is 3. The van der Waals surface area contributed by atoms with Crippen LogP contribution in [0.1, 0.15) is 15.9 Å². The minimum absolute atomic E-state index is 0.0336. The summed E-state index contributed by atoms with van der Waals surface area (Å²) in [5.41, 5.74) is 4.50. The molecule has 0 saturated carbocycles. The number of nitrogens with two attached hydrogens (primary N) is 1. The van der Waals surface area contributed by atoms with Crippen molar-refractivity contribution in [3.8, 4) is 0 Å². The van der Waals surface area contributed by atoms with Crippen molar-refractivity contribution in [2.45, 2.75) is 6.92 Å². The number of anilines is 2. The Morgan fingerprint density at radius 1 is 1.19 bits per heavy atom. The lowest BCUT2D eigenvalue weighted by atomic mass is 10.1. The topological polar surface area (TPSA) is 67.1 Å². The van der Waals surface area contributed by atoms with E-state index < -0.39 is 11.7 Å². The van der Waals surface area contributed by atoms with Crippen LogP contribution < -0.4 is 16.6 Å². The first-order valence-corrected chi connectivity index (χ1v) is 6.71. The van der Waals surface area contributed by atoms with E-state index in [9.17, 15) is 9.18 Å². The molecule has 0 aliphatic rings. The fraction of sp³-hybridized carbons (Fsp3) is 0.0714. The molecule has 4 nitrogen and oxygen atoms in total. The molecule has 0 atom stereocenters. The Balaban J connectivity index is 2.30. The second-order valence-electron chi connectivity index (χ2n) is 4.37. The molecule has 0 spiro atoms. The molecule has 0 aliphatic carbocycles. The molecule has 7 heteroatoms. The molecule has 1 amide bonds. The molecule has 0 radical (unpaired) electrons. The van der Waals surface area contributed by atoms with Crippen LogP contribution in [0.2, 0.25) is 10.0 Å². The molecule has 0 aromatic heterocycles. The van der Waals surface area contributed by atoms with Gasteiger partial charge >= 0.3 is 0 Å². The van der Waals surface area contributed by atoms with Gasteiger partial charge < -0.3 is 10.7 Å². The van der Waals surface area contributed by atoms with Gasteiger partial charge in [0, 0.05) is 11.3 Å². The van der Waals surface area contributed by atoms with E-state index >= 15 is 0 Å². The van der Waals surface area contributed by atoms with E-state index in [1.165, 1.54) is 0 Å². The number of hydrogen-bond donors (Lipinski definition) is 3. The van der Waals surface area contributed by atoms with Gasteiger partial charge in [0.2, 0.25) is 0 Å². The van der Waals surface area contributed by atoms with Crippen LogP contribution in [0, 0.1) is 12.7 Å². The van der Waals surface area contributed by atoms with Gasteiger partial charge in [-0.15, -0.1) is 0 Å². The van der Waals surface area contributed by atoms with E-state index in [4.69, 9.17) is 29.0 Å². The van der Waals surface area contributed by atoms with E-state index in [0.717, 1.165) is 17.7 Å². The smallest absolute Gasteiger partial charge is 0.256 e. The van der Waals surface area contributed by atoms with Crippen LogP contribution >= 0.6 is 23.2 Å². The normalized spacial score (nSPS) is 10.3. The summed E-state index contributed by atoms with van der Waals surface area (Å²) in [6, 6.07) is 7.17. The fourth-order valence-corrected chi connectivity index (χ4v) is 2.41. The van der Waals surface area contributed by atoms with Crippen molar-refractivity contribution in [3.05, 3.63) is 57.3 Å². The lowest BCUT2D eigenvalue weighted by molar-refractivity contribution is 0.102. The Labute approximate surface area is 131 Å². The minimum Gasteiger partial charge on any atom is -0.324 e. The van der Waals surface area contributed by atoms with E-state index in [1.807, 2.05) is 0 Å². The van der Waals surface area contributed by atoms with Gasteiger partial charge in [-0.25, -0.2) is 4.39 Å². The van der Waals surface area contributed by atoms with Crippen molar-refractivity contribution in [2.24, 2.45) is 5.84 Å². The van der Waals surface area contributed by atoms with Gasteiger partial charge in [-0.1, -0.05) is 23.2 Å². The molecule has 0 saturated heterocycles. The molecule has 0 bridgehead atoms. The zero-order valence-electron chi connectivity index (χ0n) is 11.0. The van der Waals surface area contributed by atoms with Gasteiger partial charge in [-0.2, -0.15) is 0 Å². The highest BCUT2D eigenvalue weighted by atomic mass is 35.5. The summed E-state index contributed by atoms with van der Waals surface area (Å²) >= 11 is 11.8. The second-order valence-corrected chi connectivity index (χ2v) is 5.19. The van der Waals surface area contributed by atoms with Gasteiger partial charge in [0.15, 0.2) is 0 Å². The quantitative estimate of drug-likeness (QED) is 0.590. The number of carbonyl (C=O) groups is 1. The lowest BCUT2D eigenvalue weighted by Crippen LogP contribution is -2.15. The first kappa shape index (κ1) is 15.6. The highest BCUT2D eigenvalue weighted by molar-refractivity contribution is 6.40. The SMILES string of the molecule is Cc1cc(NN)ccc1C(=O)Nc1c(Cl)cc(F)cc1Cl. The molecule has 2 aromatic carbocycles. The first-order valence-electron chi connectivity index (χ1n) is 5.95. The number of carbonyl (C=O) groups excluding carboxylic acids is 1. The maximum atomic E-state index is 13.1. The van der Waals surface area contributed by atoms with Crippen LogP contribution in [0.25, 0.3) is 0 Å². The van der Waals surface area contributed by atoms with Crippen molar-refractivity contribution in [1.29, 1.82) is 0 Å². The molecule has 0 unspecified atom stereocenters. The van der Waals surface area contributed by atoms with E-state index in [0.29, 0.717) is 11.3 Å². The van der Waals surface area contributed by atoms with Crippen molar-refractivity contribution in [2.75, 3.05) is 10.7 Å². The third kappa shape index (κ3) is 3.44. The summed E-state index contributed by atoms with van der Waals surface area (Å²) in [5, 5.41) is 2.65. The summed E-state index contributed by atoms with van der Waals surface area (Å²) in [7, 11) is 0. The Kier molecular flexibility index (Phi) is 4.67. The lowest BCUT2D eigenvalue weighted by Gasteiger charge is -2.12. The zero-order valence-corrected chi connectivity index (χ0v) is 12.5. The number of benzene rings is 2. The van der Waals surface area contributed by atoms with Gasteiger partial charge in [0.25, 0.3) is 5.91 Å². The Morgan fingerprint density at radius 2 is 1.81 bits per heavy atom. The van der Waals surface area contributed by atoms with Crippen molar-refractivity contribution >= 4 is 40.5 Å². The fourth-order valence-electron chi connectivity index (χ4n) is 1.85. The second kappa shape index (κ2) is 6.30. The van der Waals surface area contributed by atoms with Crippen LogP contribution in [0.4, 0.5) is 15.8 Å². The van der Waals surface area contributed by atoms with Crippen LogP contribution in [0.15, 0.2) is 30.3 Å². The molecule has 21 heavy (non-hydrogen) atoms. The Bertz CT molecular complexity index is 684. The Hall–Kier alpha value is -1.82. The Morgan fingerprint density at radius 3 is 2.33 bits per heavy atom. The number of aryl methyl sites for hydroxylation is 1. The molecule has 0 aliphatic heterocycles. The highest BCUT2D eigenvalue weighted by Gasteiger charge is 2.15. The third-order valence-electron chi connectivity index (χ3n) is 2.88. The van der Waals surface area contributed by atoms with Crippen LogP contribution in [-0.2, 0) is 0 Å². The number of amides is 1. The van der Waals surface area contributed by atoms with E-state index in [2.05, 4.69) is 10.7 Å². The van der Waals surface area contributed by atoms with E-state index in [-0.39, 0.29) is 15.7 Å². The van der Waals surface area contributed by atoms with Crippen molar-refractivity contribution < 1.29 is 9.18 Å². The van der Waals surface area contributed by atoms with Crippen LogP contribution in [-0.4, -0.2) is 5.91 Å². The standard InChI is InChI=1S/C14H12Cl2FN3O/c1-7-4-9(20-18)2-3-10(7)14(21)19-13-11(15)5-8(17)6-12(13)16/h2-6,20H,18H2,1H3,(H,19,21). The number of nitrogens with one attached hydrogen (secondary N) is 2. The summed E-state index contributed by atoms with van der Waals surface area (Å²) in [6.07, 6.45) is 0. The van der Waals surface area contributed by atoms with Crippen molar-refractivity contribution in [1.82, 2.24) is 0 Å². The molecule has 110 valence electrons. The molecular formula is C14H12Cl2FN3O. The summed E-state index contributed by atoms with van der Waals surface area (Å²) in [6.45, 7) is 1.77. The number of halogens is 3. The molecule has 4 N–H and O–H groups in total. The first-order chi connectivity index (χ1) is 9.92. The number of nitrogen functional groups attached to an aromatic ring is 1. The van der Waals surface area contributed by atoms with Crippen LogP contribution in [0.3, 0.4) is 0 Å². The van der Waals surface area contributed by atoms with Crippen LogP contribution in [0.5, 0.6) is 0 Å². The van der Waals surface area contributed by atoms with Gasteiger partial charge in [0.05, 0.1) is 15.7 Å². The maximum Gasteiger partial charge on any atom is 0.256 e. The van der Waals surface area contributed by atoms with E-state index in [1.54, 1.807) is 25.1 Å². The largest absolute Gasteiger partial charge is 0.324 e. The zero-order chi connectivity index (χ0) is 15.6. The van der Waals surface area contributed by atoms with Crippen molar-refractivity contribution in [3.63, 3.8) is 0 Å². The number of rotatable bonds is 3. The molecule has 2 aromatic rings. The number of hydrazine groups is 1. The van der Waals surface area contributed by atoms with Gasteiger partial charge in [-0.05, 0) is 42.8 Å². The molecule has 2 rings (SSSR count). The minimum atomic E-state index is -0.572. The average molecular weight is 328 g/mol. The molecular weight excluding hydrogens is 316 g/mol. The highest BCUT2D eigenvalue weighted by Crippen LogP contribution is 2.32.